The number of alkyl carbamates (subject to hydrolysis) is 1. The Kier molecular flexibility index (Phi) is 5.30. The molecule has 34 heavy (non-hydrogen) atoms. The molecule has 2 aromatic rings. The van der Waals surface area contributed by atoms with Crippen molar-refractivity contribution in [3.63, 3.8) is 0 Å². The number of benzene rings is 2. The van der Waals surface area contributed by atoms with Crippen LogP contribution in [0.4, 0.5) is 13.6 Å². The highest BCUT2D eigenvalue weighted by Gasteiger charge is 2.72. The molecule has 0 heterocycles. The number of rotatable bonds is 7. The lowest BCUT2D eigenvalue weighted by molar-refractivity contribution is -0.152. The Balaban J connectivity index is 1.16. The highest BCUT2D eigenvalue weighted by Crippen LogP contribution is 2.55. The van der Waals surface area contributed by atoms with E-state index in [-0.39, 0.29) is 25.4 Å². The van der Waals surface area contributed by atoms with Crippen LogP contribution in [-0.2, 0) is 14.3 Å². The molecule has 5 rings (SSSR count). The largest absolute Gasteiger partial charge is 0.480 e. The fourth-order valence-electron chi connectivity index (χ4n) is 5.08. The molecule has 9 heteroatoms. The Morgan fingerprint density at radius 3 is 2.12 bits per heavy atom. The number of alkyl halides is 2. The first-order chi connectivity index (χ1) is 16.2. The molecular weight excluding hydrogens is 446 g/mol. The van der Waals surface area contributed by atoms with Gasteiger partial charge in [0.25, 0.3) is 5.92 Å². The predicted molar refractivity (Wildman–Crippen MR) is 117 cm³/mol. The predicted octanol–water partition coefficient (Wildman–Crippen LogP) is 3.53. The number of hydrogen-bond donors (Lipinski definition) is 3. The van der Waals surface area contributed by atoms with Gasteiger partial charge in [-0.2, -0.15) is 0 Å². The van der Waals surface area contributed by atoms with E-state index in [9.17, 15) is 28.3 Å². The maximum Gasteiger partial charge on any atom is 0.407 e. The molecule has 2 fully saturated rings. The molecule has 3 aliphatic carbocycles. The lowest BCUT2D eigenvalue weighted by Crippen LogP contribution is -2.59. The summed E-state index contributed by atoms with van der Waals surface area (Å²) < 4.78 is 33.8. The minimum absolute atomic E-state index is 0.0476. The van der Waals surface area contributed by atoms with E-state index in [1.807, 2.05) is 48.5 Å². The SMILES string of the molecule is O=C(NCC1C(C(=O)NC2(C(=O)O)CCC2)C1(F)F)OCC1c2ccccc2-c2ccccc21. The molecule has 0 spiro atoms. The van der Waals surface area contributed by atoms with E-state index < -0.39 is 47.8 Å². The van der Waals surface area contributed by atoms with Crippen LogP contribution in [0.1, 0.15) is 36.3 Å². The van der Waals surface area contributed by atoms with Crippen LogP contribution in [-0.4, -0.2) is 47.7 Å². The highest BCUT2D eigenvalue weighted by atomic mass is 19.3. The second-order valence-corrected chi connectivity index (χ2v) is 9.20. The minimum atomic E-state index is -3.32. The Labute approximate surface area is 194 Å². The Bertz CT molecular complexity index is 1120. The van der Waals surface area contributed by atoms with Gasteiger partial charge in [-0.15, -0.1) is 0 Å². The molecular formula is C25H24F2N2O5. The molecule has 3 aliphatic rings. The third-order valence-electron chi connectivity index (χ3n) is 7.27. The van der Waals surface area contributed by atoms with E-state index >= 15 is 0 Å². The normalized spacial score (nSPS) is 23.1. The number of carbonyl (C=O) groups is 3. The van der Waals surface area contributed by atoms with Gasteiger partial charge >= 0.3 is 12.1 Å². The van der Waals surface area contributed by atoms with Gasteiger partial charge in [0.15, 0.2) is 0 Å². The molecule has 0 aliphatic heterocycles. The van der Waals surface area contributed by atoms with Crippen molar-refractivity contribution in [2.24, 2.45) is 11.8 Å². The zero-order chi connectivity index (χ0) is 24.1. The van der Waals surface area contributed by atoms with Crippen molar-refractivity contribution in [3.8, 4) is 11.1 Å². The average molecular weight is 470 g/mol. The van der Waals surface area contributed by atoms with Gasteiger partial charge in [-0.1, -0.05) is 48.5 Å². The van der Waals surface area contributed by atoms with Crippen LogP contribution in [0, 0.1) is 11.8 Å². The first-order valence-corrected chi connectivity index (χ1v) is 11.3. The second kappa shape index (κ2) is 8.07. The van der Waals surface area contributed by atoms with Crippen LogP contribution >= 0.6 is 0 Å². The van der Waals surface area contributed by atoms with Crippen molar-refractivity contribution in [3.05, 3.63) is 59.7 Å². The fourth-order valence-corrected chi connectivity index (χ4v) is 5.08. The van der Waals surface area contributed by atoms with Crippen LogP contribution in [0.25, 0.3) is 11.1 Å². The van der Waals surface area contributed by atoms with E-state index in [1.165, 1.54) is 0 Å². The van der Waals surface area contributed by atoms with Crippen molar-refractivity contribution in [2.75, 3.05) is 13.2 Å². The molecule has 0 saturated heterocycles. The van der Waals surface area contributed by atoms with Crippen LogP contribution in [0.15, 0.2) is 48.5 Å². The van der Waals surface area contributed by atoms with Gasteiger partial charge in [0.1, 0.15) is 18.1 Å². The molecule has 0 bridgehead atoms. The number of ether oxygens (including phenoxy) is 1. The molecule has 178 valence electrons. The zero-order valence-electron chi connectivity index (χ0n) is 18.2. The molecule has 0 radical (unpaired) electrons. The maximum absolute atomic E-state index is 14.2. The average Bonchev–Trinajstić information content (AvgIpc) is 3.19. The molecule has 7 nitrogen and oxygen atoms in total. The number of fused-ring (bicyclic) bond motifs is 3. The summed E-state index contributed by atoms with van der Waals surface area (Å²) in [5.74, 6) is -8.76. The van der Waals surface area contributed by atoms with E-state index in [4.69, 9.17) is 4.74 Å². The van der Waals surface area contributed by atoms with Crippen LogP contribution in [0.3, 0.4) is 0 Å². The first kappa shape index (κ1) is 22.3. The summed E-state index contributed by atoms with van der Waals surface area (Å²) in [4.78, 5) is 36.0. The third-order valence-corrected chi connectivity index (χ3v) is 7.27. The molecule has 2 amide bonds. The van der Waals surface area contributed by atoms with Crippen molar-refractivity contribution in [2.45, 2.75) is 36.6 Å². The van der Waals surface area contributed by atoms with E-state index in [2.05, 4.69) is 10.6 Å². The Morgan fingerprint density at radius 1 is 1.00 bits per heavy atom. The standard InChI is InChI=1S/C25H24F2N2O5/c26-25(27)19(20(25)21(30)29-24(22(31)32)10-5-11-24)12-28-23(33)34-13-18-16-8-3-1-6-14(16)15-7-2-4-9-17(15)18/h1-4,6-9,18-20H,5,10-13H2,(H,28,33)(H,29,30)(H,31,32). The van der Waals surface area contributed by atoms with Gasteiger partial charge in [-0.3, -0.25) is 4.79 Å². The van der Waals surface area contributed by atoms with Crippen LogP contribution in [0.2, 0.25) is 0 Å². The first-order valence-electron chi connectivity index (χ1n) is 11.3. The Hall–Kier alpha value is -3.49. The minimum Gasteiger partial charge on any atom is -0.480 e. The maximum atomic E-state index is 14.2. The molecule has 2 unspecified atom stereocenters. The molecule has 2 saturated carbocycles. The van der Waals surface area contributed by atoms with Gasteiger partial charge in [-0.05, 0) is 41.5 Å². The van der Waals surface area contributed by atoms with Gasteiger partial charge in [0.2, 0.25) is 5.91 Å². The monoisotopic (exact) mass is 470 g/mol. The zero-order valence-corrected chi connectivity index (χ0v) is 18.2. The van der Waals surface area contributed by atoms with Gasteiger partial charge in [0.05, 0.1) is 5.92 Å². The lowest BCUT2D eigenvalue weighted by Gasteiger charge is -2.38. The van der Waals surface area contributed by atoms with Crippen LogP contribution < -0.4 is 10.6 Å². The van der Waals surface area contributed by atoms with E-state index in [0.29, 0.717) is 6.42 Å². The number of hydrogen-bond acceptors (Lipinski definition) is 4. The summed E-state index contributed by atoms with van der Waals surface area (Å²) in [6, 6.07) is 15.7. The summed E-state index contributed by atoms with van der Waals surface area (Å²) in [5, 5.41) is 13.9. The third kappa shape index (κ3) is 3.59. The Morgan fingerprint density at radius 2 is 1.59 bits per heavy atom. The quantitative estimate of drug-likeness (QED) is 0.574. The van der Waals surface area contributed by atoms with E-state index in [0.717, 1.165) is 22.3 Å². The smallest absolute Gasteiger partial charge is 0.407 e. The van der Waals surface area contributed by atoms with Gasteiger partial charge < -0.3 is 20.5 Å². The number of carboxylic acids is 1. The summed E-state index contributed by atoms with van der Waals surface area (Å²) in [6.45, 7) is -0.395. The van der Waals surface area contributed by atoms with Crippen molar-refractivity contribution in [1.82, 2.24) is 10.6 Å². The number of halogens is 2. The summed E-state index contributed by atoms with van der Waals surface area (Å²) >= 11 is 0. The number of carboxylic acid groups (broad SMARTS) is 1. The fraction of sp³-hybridized carbons (Fsp3) is 0.400. The number of amides is 2. The number of aliphatic carboxylic acids is 1. The highest BCUT2D eigenvalue weighted by molar-refractivity contribution is 5.91. The van der Waals surface area contributed by atoms with Gasteiger partial charge in [0, 0.05) is 12.5 Å². The van der Waals surface area contributed by atoms with Gasteiger partial charge in [-0.25, -0.2) is 18.4 Å². The summed E-state index contributed by atoms with van der Waals surface area (Å²) in [5.41, 5.74) is 2.75. The van der Waals surface area contributed by atoms with Crippen molar-refractivity contribution in [1.29, 1.82) is 0 Å². The second-order valence-electron chi connectivity index (χ2n) is 9.20. The molecule has 2 aromatic carbocycles. The summed E-state index contributed by atoms with van der Waals surface area (Å²) in [7, 11) is 0. The van der Waals surface area contributed by atoms with Crippen LogP contribution in [0.5, 0.6) is 0 Å². The molecule has 0 aromatic heterocycles. The number of nitrogens with one attached hydrogen (secondary N) is 2. The van der Waals surface area contributed by atoms with Crippen molar-refractivity contribution < 1.29 is 33.0 Å². The summed E-state index contributed by atoms with van der Waals surface area (Å²) in [6.07, 6.45) is 0.203. The molecule has 2 atom stereocenters. The topological polar surface area (TPSA) is 105 Å². The number of carbonyl (C=O) groups excluding carboxylic acids is 2. The lowest BCUT2D eigenvalue weighted by atomic mass is 9.76. The van der Waals surface area contributed by atoms with E-state index in [1.54, 1.807) is 0 Å². The molecule has 3 N–H and O–H groups in total. The van der Waals surface area contributed by atoms with Crippen molar-refractivity contribution >= 4 is 18.0 Å².